The lowest BCUT2D eigenvalue weighted by molar-refractivity contribution is 0.296. The number of nitrogens with one attached hydrogen (secondary N) is 1. The van der Waals surface area contributed by atoms with Gasteiger partial charge < -0.3 is 9.72 Å². The molecule has 24 heavy (non-hydrogen) atoms. The second-order valence-electron chi connectivity index (χ2n) is 5.31. The van der Waals surface area contributed by atoms with Gasteiger partial charge in [-0.25, -0.2) is 4.98 Å². The van der Waals surface area contributed by atoms with Gasteiger partial charge >= 0.3 is 0 Å². The van der Waals surface area contributed by atoms with Gasteiger partial charge in [0.15, 0.2) is 0 Å². The predicted octanol–water partition coefficient (Wildman–Crippen LogP) is 4.23. The normalized spacial score (nSPS) is 10.8. The Morgan fingerprint density at radius 2 is 1.71 bits per heavy atom. The van der Waals surface area contributed by atoms with Gasteiger partial charge in [0.05, 0.1) is 5.39 Å². The summed E-state index contributed by atoms with van der Waals surface area (Å²) in [6.07, 6.45) is 0. The average molecular weight is 334 g/mol. The highest BCUT2D eigenvalue weighted by Gasteiger charge is 2.12. The molecule has 0 saturated carbocycles. The molecule has 5 heteroatoms. The third-order valence-corrected chi connectivity index (χ3v) is 4.57. The molecule has 0 radical (unpaired) electrons. The number of H-pyrrole nitrogens is 1. The first-order valence-electron chi connectivity index (χ1n) is 7.55. The van der Waals surface area contributed by atoms with E-state index in [0.29, 0.717) is 11.2 Å². The third kappa shape index (κ3) is 2.81. The molecule has 0 saturated heterocycles. The number of nitrogens with zero attached hydrogens (tertiary/aromatic N) is 1. The first kappa shape index (κ1) is 14.7. The molecule has 118 valence electrons. The van der Waals surface area contributed by atoms with Crippen LogP contribution < -0.4 is 10.3 Å². The van der Waals surface area contributed by atoms with Crippen LogP contribution >= 0.6 is 11.3 Å². The summed E-state index contributed by atoms with van der Waals surface area (Å²) in [6.45, 7) is 0.230. The van der Waals surface area contributed by atoms with Crippen LogP contribution in [0, 0.1) is 0 Å². The summed E-state index contributed by atoms with van der Waals surface area (Å²) in [5, 5.41) is 2.61. The Morgan fingerprint density at radius 1 is 1.00 bits per heavy atom. The Balaban J connectivity index is 1.68. The maximum Gasteiger partial charge on any atom is 0.260 e. The highest BCUT2D eigenvalue weighted by molar-refractivity contribution is 7.17. The van der Waals surface area contributed by atoms with Crippen LogP contribution in [0.2, 0.25) is 0 Å². The molecule has 0 aliphatic heterocycles. The minimum atomic E-state index is -0.133. The quantitative estimate of drug-likeness (QED) is 0.607. The highest BCUT2D eigenvalue weighted by Crippen LogP contribution is 2.30. The molecule has 2 aromatic carbocycles. The summed E-state index contributed by atoms with van der Waals surface area (Å²) in [5.41, 5.74) is 1.80. The standard InChI is InChI=1S/C19H14N2O2S/c22-18-17-15(13-7-3-1-4-8-13)12-24-19(17)21-16(20-18)11-23-14-9-5-2-6-10-14/h1-10,12H,11H2,(H,20,21,22). The number of fused-ring (bicyclic) bond motifs is 1. The predicted molar refractivity (Wildman–Crippen MR) is 96.5 cm³/mol. The van der Waals surface area contributed by atoms with Crippen molar-refractivity contribution in [2.45, 2.75) is 6.61 Å². The number of rotatable bonds is 4. The molecule has 2 heterocycles. The van der Waals surface area contributed by atoms with E-state index in [2.05, 4.69) is 9.97 Å². The zero-order chi connectivity index (χ0) is 16.4. The summed E-state index contributed by atoms with van der Waals surface area (Å²) in [7, 11) is 0. The lowest BCUT2D eigenvalue weighted by Crippen LogP contribution is -2.13. The molecule has 4 nitrogen and oxygen atoms in total. The minimum Gasteiger partial charge on any atom is -0.486 e. The SMILES string of the molecule is O=c1[nH]c(COc2ccccc2)nc2scc(-c3ccccc3)c12. The van der Waals surface area contributed by atoms with Crippen LogP contribution in [0.3, 0.4) is 0 Å². The molecule has 4 aromatic rings. The van der Waals surface area contributed by atoms with Crippen molar-refractivity contribution in [3.63, 3.8) is 0 Å². The van der Waals surface area contributed by atoms with E-state index < -0.39 is 0 Å². The van der Waals surface area contributed by atoms with Crippen LogP contribution in [0.4, 0.5) is 0 Å². The van der Waals surface area contributed by atoms with Crippen LogP contribution in [0.25, 0.3) is 21.3 Å². The van der Waals surface area contributed by atoms with Crippen molar-refractivity contribution < 1.29 is 4.74 Å². The summed E-state index contributed by atoms with van der Waals surface area (Å²) in [5.74, 6) is 1.27. The minimum absolute atomic E-state index is 0.133. The van der Waals surface area contributed by atoms with Crippen molar-refractivity contribution in [1.82, 2.24) is 9.97 Å². The smallest absolute Gasteiger partial charge is 0.260 e. The molecule has 4 rings (SSSR count). The topological polar surface area (TPSA) is 55.0 Å². The van der Waals surface area contributed by atoms with Gasteiger partial charge in [-0.05, 0) is 17.7 Å². The van der Waals surface area contributed by atoms with Crippen LogP contribution in [-0.4, -0.2) is 9.97 Å². The van der Waals surface area contributed by atoms with Gasteiger partial charge in [0, 0.05) is 10.9 Å². The molecule has 0 amide bonds. The van der Waals surface area contributed by atoms with Crippen molar-refractivity contribution in [1.29, 1.82) is 0 Å². The van der Waals surface area contributed by atoms with Crippen molar-refractivity contribution in [3.8, 4) is 16.9 Å². The fourth-order valence-electron chi connectivity index (χ4n) is 2.56. The van der Waals surface area contributed by atoms with Gasteiger partial charge in [0.1, 0.15) is 23.0 Å². The van der Waals surface area contributed by atoms with E-state index in [0.717, 1.165) is 21.7 Å². The Morgan fingerprint density at radius 3 is 2.46 bits per heavy atom. The van der Waals surface area contributed by atoms with E-state index in [1.807, 2.05) is 66.0 Å². The fourth-order valence-corrected chi connectivity index (χ4v) is 3.53. The number of aromatic nitrogens is 2. The molecule has 2 aromatic heterocycles. The highest BCUT2D eigenvalue weighted by atomic mass is 32.1. The first-order valence-corrected chi connectivity index (χ1v) is 8.43. The molecule has 0 fully saturated rings. The molecule has 0 atom stereocenters. The number of ether oxygens (including phenoxy) is 1. The summed E-state index contributed by atoms with van der Waals surface area (Å²) >= 11 is 1.47. The number of aromatic amines is 1. The van der Waals surface area contributed by atoms with Crippen LogP contribution in [0.1, 0.15) is 5.82 Å². The van der Waals surface area contributed by atoms with E-state index in [4.69, 9.17) is 4.74 Å². The Bertz CT molecular complexity index is 1020. The second-order valence-corrected chi connectivity index (χ2v) is 6.17. The molecule has 1 N–H and O–H groups in total. The average Bonchev–Trinajstić information content (AvgIpc) is 3.06. The van der Waals surface area contributed by atoms with Gasteiger partial charge in [0.2, 0.25) is 0 Å². The molecule has 0 spiro atoms. The first-order chi connectivity index (χ1) is 11.8. The van der Waals surface area contributed by atoms with Crippen LogP contribution in [0.15, 0.2) is 70.8 Å². The zero-order valence-electron chi connectivity index (χ0n) is 12.7. The Labute approximate surface area is 142 Å². The van der Waals surface area contributed by atoms with E-state index in [1.54, 1.807) is 0 Å². The molecule has 0 unspecified atom stereocenters. The monoisotopic (exact) mass is 334 g/mol. The van der Waals surface area contributed by atoms with E-state index in [1.165, 1.54) is 11.3 Å². The molecule has 0 aliphatic rings. The van der Waals surface area contributed by atoms with Gasteiger partial charge in [0.25, 0.3) is 5.56 Å². The molecule has 0 bridgehead atoms. The maximum absolute atomic E-state index is 12.5. The van der Waals surface area contributed by atoms with Gasteiger partial charge in [-0.15, -0.1) is 11.3 Å². The molecular weight excluding hydrogens is 320 g/mol. The second kappa shape index (κ2) is 6.29. The number of para-hydroxylation sites is 1. The fraction of sp³-hybridized carbons (Fsp3) is 0.0526. The van der Waals surface area contributed by atoms with Crippen molar-refractivity contribution in [2.75, 3.05) is 0 Å². The largest absolute Gasteiger partial charge is 0.486 e. The van der Waals surface area contributed by atoms with E-state index in [9.17, 15) is 4.79 Å². The lowest BCUT2D eigenvalue weighted by Gasteiger charge is -2.05. The van der Waals surface area contributed by atoms with E-state index in [-0.39, 0.29) is 12.2 Å². The number of benzene rings is 2. The number of hydrogen-bond acceptors (Lipinski definition) is 4. The van der Waals surface area contributed by atoms with Gasteiger partial charge in [-0.1, -0.05) is 48.5 Å². The Kier molecular flexibility index (Phi) is 3.84. The van der Waals surface area contributed by atoms with Crippen LogP contribution in [-0.2, 0) is 6.61 Å². The molecular formula is C19H14N2O2S. The van der Waals surface area contributed by atoms with Crippen molar-refractivity contribution in [2.24, 2.45) is 0 Å². The van der Waals surface area contributed by atoms with E-state index >= 15 is 0 Å². The number of thiophene rings is 1. The van der Waals surface area contributed by atoms with Crippen molar-refractivity contribution >= 4 is 21.6 Å². The number of hydrogen-bond donors (Lipinski definition) is 1. The lowest BCUT2D eigenvalue weighted by atomic mass is 10.1. The zero-order valence-corrected chi connectivity index (χ0v) is 13.5. The van der Waals surface area contributed by atoms with Crippen molar-refractivity contribution in [3.05, 3.63) is 82.2 Å². The summed E-state index contributed by atoms with van der Waals surface area (Å²) in [6, 6.07) is 19.3. The van der Waals surface area contributed by atoms with Gasteiger partial charge in [-0.3, -0.25) is 4.79 Å². The Hall–Kier alpha value is -2.92. The maximum atomic E-state index is 12.5. The van der Waals surface area contributed by atoms with Gasteiger partial charge in [-0.2, -0.15) is 0 Å². The third-order valence-electron chi connectivity index (χ3n) is 3.70. The molecule has 0 aliphatic carbocycles. The summed E-state index contributed by atoms with van der Waals surface area (Å²) < 4.78 is 5.66. The van der Waals surface area contributed by atoms with Crippen LogP contribution in [0.5, 0.6) is 5.75 Å². The summed E-state index contributed by atoms with van der Waals surface area (Å²) in [4.78, 5) is 20.6.